The van der Waals surface area contributed by atoms with Crippen molar-refractivity contribution >= 4 is 15.8 Å². The Kier molecular flexibility index (Phi) is 5.17. The predicted octanol–water partition coefficient (Wildman–Crippen LogP) is 1.99. The van der Waals surface area contributed by atoms with E-state index in [4.69, 9.17) is 4.42 Å². The van der Waals surface area contributed by atoms with E-state index in [1.807, 2.05) is 6.07 Å². The molecule has 2 N–H and O–H groups in total. The Morgan fingerprint density at radius 3 is 2.67 bits per heavy atom. The van der Waals surface area contributed by atoms with Crippen LogP contribution in [-0.2, 0) is 10.0 Å². The molecule has 130 valence electrons. The molecule has 1 aliphatic rings. The molecule has 2 aromatic rings. The van der Waals surface area contributed by atoms with E-state index in [0.29, 0.717) is 31.1 Å². The molecular weight excluding hydrogens is 330 g/mol. The molecule has 0 amide bonds. The summed E-state index contributed by atoms with van der Waals surface area (Å²) in [7, 11) is -3.45. The second kappa shape index (κ2) is 7.33. The fourth-order valence-corrected chi connectivity index (χ4v) is 4.24. The molecule has 8 heteroatoms. The molecule has 0 saturated carbocycles. The molecule has 24 heavy (non-hydrogen) atoms. The Labute approximate surface area is 141 Å². The molecule has 1 saturated heterocycles. The van der Waals surface area contributed by atoms with Crippen LogP contribution in [0.4, 0.5) is 5.82 Å². The van der Waals surface area contributed by atoms with E-state index in [1.165, 1.54) is 10.5 Å². The van der Waals surface area contributed by atoms with Crippen molar-refractivity contribution in [2.24, 2.45) is 0 Å². The monoisotopic (exact) mass is 351 g/mol. The number of aliphatic hydroxyl groups excluding tert-OH is 1. The topological polar surface area (TPSA) is 95.7 Å². The number of sulfonamides is 1. The van der Waals surface area contributed by atoms with Gasteiger partial charge in [-0.1, -0.05) is 0 Å². The van der Waals surface area contributed by atoms with Crippen molar-refractivity contribution in [2.45, 2.75) is 30.2 Å². The van der Waals surface area contributed by atoms with Crippen LogP contribution in [0.25, 0.3) is 0 Å². The first-order chi connectivity index (χ1) is 11.6. The molecule has 1 aliphatic heterocycles. The summed E-state index contributed by atoms with van der Waals surface area (Å²) in [4.78, 5) is 4.41. The summed E-state index contributed by atoms with van der Waals surface area (Å²) < 4.78 is 31.8. The number of hydrogen-bond donors (Lipinski definition) is 2. The summed E-state index contributed by atoms with van der Waals surface area (Å²) in [5.41, 5.74) is 0. The van der Waals surface area contributed by atoms with Crippen molar-refractivity contribution in [1.82, 2.24) is 9.29 Å². The first-order valence-corrected chi connectivity index (χ1v) is 9.42. The number of hydrogen-bond acceptors (Lipinski definition) is 6. The Morgan fingerprint density at radius 1 is 1.29 bits per heavy atom. The van der Waals surface area contributed by atoms with Crippen LogP contribution in [0, 0.1) is 0 Å². The van der Waals surface area contributed by atoms with Gasteiger partial charge in [0.2, 0.25) is 10.0 Å². The van der Waals surface area contributed by atoms with Gasteiger partial charge in [-0.2, -0.15) is 4.31 Å². The SMILES string of the molecule is O=S(=O)(c1ccc(NC(CCO)c2ccco2)nc1)N1CCCC1. The average molecular weight is 351 g/mol. The third-order valence-corrected chi connectivity index (χ3v) is 5.95. The smallest absolute Gasteiger partial charge is 0.244 e. The van der Waals surface area contributed by atoms with E-state index in [9.17, 15) is 13.5 Å². The third kappa shape index (κ3) is 3.61. The number of rotatable bonds is 7. The summed E-state index contributed by atoms with van der Waals surface area (Å²) in [6, 6.07) is 6.57. The molecular formula is C16H21N3O4S. The van der Waals surface area contributed by atoms with Crippen molar-refractivity contribution in [3.63, 3.8) is 0 Å². The van der Waals surface area contributed by atoms with Crippen LogP contribution in [0.5, 0.6) is 0 Å². The van der Waals surface area contributed by atoms with Crippen molar-refractivity contribution in [1.29, 1.82) is 0 Å². The second-order valence-electron chi connectivity index (χ2n) is 5.71. The lowest BCUT2D eigenvalue weighted by atomic mass is 10.1. The molecule has 2 aromatic heterocycles. The van der Waals surface area contributed by atoms with Crippen LogP contribution in [0.3, 0.4) is 0 Å². The zero-order valence-corrected chi connectivity index (χ0v) is 14.1. The van der Waals surface area contributed by atoms with E-state index in [2.05, 4.69) is 10.3 Å². The van der Waals surface area contributed by atoms with E-state index in [0.717, 1.165) is 12.8 Å². The zero-order valence-electron chi connectivity index (χ0n) is 13.3. The molecule has 0 radical (unpaired) electrons. The summed E-state index contributed by atoms with van der Waals surface area (Å²) in [6.45, 7) is 1.14. The molecule has 0 bridgehead atoms. The lowest BCUT2D eigenvalue weighted by molar-refractivity contribution is 0.273. The van der Waals surface area contributed by atoms with E-state index >= 15 is 0 Å². The minimum Gasteiger partial charge on any atom is -0.467 e. The fraction of sp³-hybridized carbons (Fsp3) is 0.438. The maximum atomic E-state index is 12.5. The van der Waals surface area contributed by atoms with Gasteiger partial charge < -0.3 is 14.8 Å². The van der Waals surface area contributed by atoms with Crippen LogP contribution in [-0.4, -0.2) is 42.5 Å². The molecule has 7 nitrogen and oxygen atoms in total. The fourth-order valence-electron chi connectivity index (χ4n) is 2.78. The molecule has 0 aromatic carbocycles. The Bertz CT molecular complexity index is 738. The normalized spacial score (nSPS) is 17.0. The number of aromatic nitrogens is 1. The van der Waals surface area contributed by atoms with Gasteiger partial charge in [-0.15, -0.1) is 0 Å². The first-order valence-electron chi connectivity index (χ1n) is 7.98. The first kappa shape index (κ1) is 16.9. The van der Waals surface area contributed by atoms with Crippen molar-refractivity contribution in [3.8, 4) is 0 Å². The molecule has 1 unspecified atom stereocenters. The van der Waals surface area contributed by atoms with E-state index in [1.54, 1.807) is 24.5 Å². The van der Waals surface area contributed by atoms with Crippen LogP contribution < -0.4 is 5.32 Å². The van der Waals surface area contributed by atoms with Gasteiger partial charge in [-0.25, -0.2) is 13.4 Å². The second-order valence-corrected chi connectivity index (χ2v) is 7.65. The third-order valence-electron chi connectivity index (χ3n) is 4.07. The summed E-state index contributed by atoms with van der Waals surface area (Å²) in [6.07, 6.45) is 5.20. The van der Waals surface area contributed by atoms with Crippen molar-refractivity contribution in [3.05, 3.63) is 42.5 Å². The number of anilines is 1. The van der Waals surface area contributed by atoms with Gasteiger partial charge >= 0.3 is 0 Å². The lowest BCUT2D eigenvalue weighted by Gasteiger charge is -2.17. The van der Waals surface area contributed by atoms with Gasteiger partial charge in [0.15, 0.2) is 0 Å². The molecule has 0 aliphatic carbocycles. The average Bonchev–Trinajstić information content (AvgIpc) is 3.29. The standard InChI is InChI=1S/C16H21N3O4S/c20-10-7-14(15-4-3-11-23-15)18-16-6-5-13(12-17-16)24(21,22)19-8-1-2-9-19/h3-6,11-12,14,20H,1-2,7-10H2,(H,17,18). The van der Waals surface area contributed by atoms with Gasteiger partial charge in [0, 0.05) is 25.9 Å². The highest BCUT2D eigenvalue weighted by molar-refractivity contribution is 7.89. The van der Waals surface area contributed by atoms with Crippen LogP contribution in [0.15, 0.2) is 46.0 Å². The lowest BCUT2D eigenvalue weighted by Crippen LogP contribution is -2.28. The minimum absolute atomic E-state index is 0.000209. The summed E-state index contributed by atoms with van der Waals surface area (Å²) in [5.74, 6) is 1.23. The number of pyridine rings is 1. The highest BCUT2D eigenvalue weighted by Crippen LogP contribution is 2.24. The minimum atomic E-state index is -3.45. The highest BCUT2D eigenvalue weighted by atomic mass is 32.2. The van der Waals surface area contributed by atoms with Crippen LogP contribution in [0.1, 0.15) is 31.1 Å². The molecule has 1 fully saturated rings. The molecule has 3 heterocycles. The number of nitrogens with one attached hydrogen (secondary N) is 1. The Hall–Kier alpha value is -1.90. The highest BCUT2D eigenvalue weighted by Gasteiger charge is 2.27. The number of aliphatic hydroxyl groups is 1. The molecule has 3 rings (SSSR count). The number of nitrogens with zero attached hydrogens (tertiary/aromatic N) is 2. The van der Waals surface area contributed by atoms with Gasteiger partial charge in [0.25, 0.3) is 0 Å². The van der Waals surface area contributed by atoms with Crippen molar-refractivity contribution < 1.29 is 17.9 Å². The summed E-state index contributed by atoms with van der Waals surface area (Å²) in [5, 5.41) is 12.4. The summed E-state index contributed by atoms with van der Waals surface area (Å²) >= 11 is 0. The van der Waals surface area contributed by atoms with Gasteiger partial charge in [0.05, 0.1) is 12.3 Å². The zero-order chi connectivity index (χ0) is 17.0. The Balaban J connectivity index is 1.74. The number of furan rings is 1. The maximum Gasteiger partial charge on any atom is 0.244 e. The van der Waals surface area contributed by atoms with Gasteiger partial charge in [0.1, 0.15) is 16.5 Å². The molecule has 1 atom stereocenters. The van der Waals surface area contributed by atoms with Crippen LogP contribution in [0.2, 0.25) is 0 Å². The maximum absolute atomic E-state index is 12.5. The Morgan fingerprint density at radius 2 is 2.08 bits per heavy atom. The largest absolute Gasteiger partial charge is 0.467 e. The van der Waals surface area contributed by atoms with E-state index in [-0.39, 0.29) is 17.5 Å². The van der Waals surface area contributed by atoms with Gasteiger partial charge in [-0.3, -0.25) is 0 Å². The predicted molar refractivity (Wildman–Crippen MR) is 89.0 cm³/mol. The van der Waals surface area contributed by atoms with Crippen molar-refractivity contribution in [2.75, 3.05) is 25.0 Å². The van der Waals surface area contributed by atoms with Gasteiger partial charge in [-0.05, 0) is 43.5 Å². The quantitative estimate of drug-likeness (QED) is 0.792. The van der Waals surface area contributed by atoms with Crippen LogP contribution >= 0.6 is 0 Å². The van der Waals surface area contributed by atoms with E-state index < -0.39 is 10.0 Å². The molecule has 0 spiro atoms.